The van der Waals surface area contributed by atoms with E-state index in [4.69, 9.17) is 11.5 Å². The second kappa shape index (κ2) is 16.1. The van der Waals surface area contributed by atoms with Crippen LogP contribution in [0.4, 0.5) is 0 Å². The van der Waals surface area contributed by atoms with Gasteiger partial charge >= 0.3 is 5.97 Å². The molecule has 0 rings (SSSR count). The van der Waals surface area contributed by atoms with E-state index < -0.39 is 18.1 Å². The molecule has 0 heterocycles. The zero-order valence-corrected chi connectivity index (χ0v) is 15.8. The number of nitrogens with zero attached hydrogens (tertiary/aromatic N) is 1. The first-order valence-electron chi connectivity index (χ1n) is 9.67. The normalized spacial score (nSPS) is 13.4. The number of unbranched alkanes of at least 4 members (excludes halogenated alkanes) is 7. The van der Waals surface area contributed by atoms with E-state index in [2.05, 4.69) is 17.2 Å². The number of hydrogen-bond acceptors (Lipinski definition) is 4. The van der Waals surface area contributed by atoms with Crippen molar-refractivity contribution in [2.75, 3.05) is 13.1 Å². The maximum absolute atomic E-state index is 11.2. The number of aliphatic carboxylic acids is 1. The summed E-state index contributed by atoms with van der Waals surface area (Å²) in [5.41, 5.74) is 10.5. The molecule has 0 aromatic heterocycles. The van der Waals surface area contributed by atoms with Crippen molar-refractivity contribution in [3.63, 3.8) is 0 Å². The highest BCUT2D eigenvalue weighted by Crippen LogP contribution is 2.10. The van der Waals surface area contributed by atoms with Gasteiger partial charge in [-0.3, -0.25) is 9.79 Å². The predicted molar refractivity (Wildman–Crippen MR) is 103 cm³/mol. The van der Waals surface area contributed by atoms with E-state index in [9.17, 15) is 15.0 Å². The monoisotopic (exact) mass is 358 g/mol. The van der Waals surface area contributed by atoms with Gasteiger partial charge in [0.1, 0.15) is 6.04 Å². The van der Waals surface area contributed by atoms with Gasteiger partial charge in [0.25, 0.3) is 0 Å². The molecule has 7 N–H and O–H groups in total. The van der Waals surface area contributed by atoms with Gasteiger partial charge in [-0.2, -0.15) is 0 Å². The fourth-order valence-corrected chi connectivity index (χ4v) is 2.71. The van der Waals surface area contributed by atoms with Crippen LogP contribution >= 0.6 is 0 Å². The molecule has 0 aromatic carbocycles. The van der Waals surface area contributed by atoms with Crippen molar-refractivity contribution in [3.05, 3.63) is 0 Å². The van der Waals surface area contributed by atoms with Crippen LogP contribution in [0.1, 0.15) is 77.6 Å². The van der Waals surface area contributed by atoms with Crippen LogP contribution in [0.5, 0.6) is 0 Å². The lowest BCUT2D eigenvalue weighted by Gasteiger charge is -2.17. The van der Waals surface area contributed by atoms with Crippen molar-refractivity contribution in [2.24, 2.45) is 16.5 Å². The van der Waals surface area contributed by atoms with Gasteiger partial charge < -0.3 is 27.0 Å². The third-order valence-electron chi connectivity index (χ3n) is 4.23. The van der Waals surface area contributed by atoms with Gasteiger partial charge in [-0.25, -0.2) is 0 Å². The Morgan fingerprint density at radius 2 is 1.60 bits per heavy atom. The molecule has 7 nitrogen and oxygen atoms in total. The van der Waals surface area contributed by atoms with Crippen molar-refractivity contribution >= 4 is 11.9 Å². The lowest BCUT2D eigenvalue weighted by Crippen LogP contribution is -2.41. The van der Waals surface area contributed by atoms with Crippen LogP contribution in [0, 0.1) is 0 Å². The molecule has 0 aromatic rings. The standard InChI is InChI=1S/C18H38N4O3/c1-2-3-4-5-6-7-8-9-11-15(23)14-22-16(17(24)25)12-10-13-21-18(19)20/h15-16,22-23H,2-14H2,1H3,(H,24,25)(H4,19,20,21). The molecular weight excluding hydrogens is 320 g/mol. The maximum Gasteiger partial charge on any atom is 0.320 e. The van der Waals surface area contributed by atoms with E-state index in [-0.39, 0.29) is 5.96 Å². The Hall–Kier alpha value is -1.34. The van der Waals surface area contributed by atoms with Crippen molar-refractivity contribution < 1.29 is 15.0 Å². The Bertz CT molecular complexity index is 360. The molecule has 0 aliphatic carbocycles. The van der Waals surface area contributed by atoms with E-state index in [0.29, 0.717) is 32.4 Å². The number of carboxylic acids is 1. The highest BCUT2D eigenvalue weighted by molar-refractivity contribution is 5.75. The molecule has 0 fully saturated rings. The average molecular weight is 359 g/mol. The van der Waals surface area contributed by atoms with Gasteiger partial charge in [0, 0.05) is 13.1 Å². The summed E-state index contributed by atoms with van der Waals surface area (Å²) < 4.78 is 0. The molecule has 0 amide bonds. The van der Waals surface area contributed by atoms with Crippen molar-refractivity contribution in [1.29, 1.82) is 0 Å². The SMILES string of the molecule is CCCCCCCCCCC(O)CNC(CCCN=C(N)N)C(=O)O. The number of aliphatic imine (C=N–C) groups is 1. The number of nitrogens with two attached hydrogens (primary N) is 2. The van der Waals surface area contributed by atoms with E-state index in [0.717, 1.165) is 12.8 Å². The molecule has 0 spiro atoms. The third-order valence-corrected chi connectivity index (χ3v) is 4.23. The number of nitrogens with one attached hydrogen (secondary N) is 1. The van der Waals surface area contributed by atoms with Crippen LogP contribution in [-0.4, -0.2) is 47.4 Å². The van der Waals surface area contributed by atoms with Gasteiger partial charge in [0.15, 0.2) is 5.96 Å². The smallest absolute Gasteiger partial charge is 0.320 e. The molecular formula is C18H38N4O3. The van der Waals surface area contributed by atoms with E-state index in [1.807, 2.05) is 0 Å². The predicted octanol–water partition coefficient (Wildman–Crippen LogP) is 1.97. The minimum absolute atomic E-state index is 0.0145. The fourth-order valence-electron chi connectivity index (χ4n) is 2.71. The lowest BCUT2D eigenvalue weighted by atomic mass is 10.1. The summed E-state index contributed by atoms with van der Waals surface area (Å²) in [6.45, 7) is 2.93. The Kier molecular flexibility index (Phi) is 15.3. The molecule has 148 valence electrons. The van der Waals surface area contributed by atoms with Crippen LogP contribution in [-0.2, 0) is 4.79 Å². The van der Waals surface area contributed by atoms with Crippen LogP contribution in [0.15, 0.2) is 4.99 Å². The maximum atomic E-state index is 11.2. The highest BCUT2D eigenvalue weighted by Gasteiger charge is 2.17. The Morgan fingerprint density at radius 3 is 2.16 bits per heavy atom. The molecule has 0 aliphatic heterocycles. The number of aliphatic hydroxyl groups excluding tert-OH is 1. The Labute approximate surface area is 152 Å². The van der Waals surface area contributed by atoms with Crippen LogP contribution in [0.3, 0.4) is 0 Å². The quantitative estimate of drug-likeness (QED) is 0.153. The summed E-state index contributed by atoms with van der Waals surface area (Å²) in [6.07, 6.45) is 11.0. The first-order chi connectivity index (χ1) is 12.0. The van der Waals surface area contributed by atoms with Crippen LogP contribution in [0.25, 0.3) is 0 Å². The number of guanidine groups is 1. The van der Waals surface area contributed by atoms with Crippen molar-refractivity contribution in [1.82, 2.24) is 5.32 Å². The molecule has 0 aliphatic rings. The zero-order valence-electron chi connectivity index (χ0n) is 15.8. The number of hydrogen-bond donors (Lipinski definition) is 5. The summed E-state index contributed by atoms with van der Waals surface area (Å²) in [5.74, 6) is -0.899. The van der Waals surface area contributed by atoms with Gasteiger partial charge in [-0.15, -0.1) is 0 Å². The van der Waals surface area contributed by atoms with Crippen LogP contribution < -0.4 is 16.8 Å². The van der Waals surface area contributed by atoms with E-state index in [1.165, 1.54) is 38.5 Å². The zero-order chi connectivity index (χ0) is 18.9. The summed E-state index contributed by atoms with van der Waals surface area (Å²) in [6, 6.07) is -0.678. The second-order valence-electron chi connectivity index (χ2n) is 6.67. The minimum atomic E-state index is -0.913. The van der Waals surface area contributed by atoms with Gasteiger partial charge in [-0.05, 0) is 19.3 Å². The fraction of sp³-hybridized carbons (Fsp3) is 0.889. The minimum Gasteiger partial charge on any atom is -0.480 e. The second-order valence-corrected chi connectivity index (χ2v) is 6.67. The molecule has 2 atom stereocenters. The van der Waals surface area contributed by atoms with Crippen molar-refractivity contribution in [2.45, 2.75) is 89.7 Å². The van der Waals surface area contributed by atoms with Crippen molar-refractivity contribution in [3.8, 4) is 0 Å². The molecule has 0 bridgehead atoms. The van der Waals surface area contributed by atoms with Gasteiger partial charge in [0.2, 0.25) is 0 Å². The lowest BCUT2D eigenvalue weighted by molar-refractivity contribution is -0.139. The number of rotatable bonds is 17. The number of carbonyl (C=O) groups is 1. The summed E-state index contributed by atoms with van der Waals surface area (Å²) in [5, 5.41) is 22.1. The topological polar surface area (TPSA) is 134 Å². The van der Waals surface area contributed by atoms with E-state index in [1.54, 1.807) is 0 Å². The first kappa shape index (κ1) is 23.7. The average Bonchev–Trinajstić information content (AvgIpc) is 2.55. The number of carboxylic acid groups (broad SMARTS) is 1. The largest absolute Gasteiger partial charge is 0.480 e. The molecule has 0 saturated carbocycles. The number of aliphatic hydroxyl groups is 1. The highest BCUT2D eigenvalue weighted by atomic mass is 16.4. The Morgan fingerprint density at radius 1 is 1.00 bits per heavy atom. The molecule has 0 saturated heterocycles. The van der Waals surface area contributed by atoms with E-state index >= 15 is 0 Å². The molecule has 0 radical (unpaired) electrons. The Balaban J connectivity index is 3.72. The summed E-state index contributed by atoms with van der Waals surface area (Å²) in [4.78, 5) is 15.1. The van der Waals surface area contributed by atoms with Gasteiger partial charge in [-0.1, -0.05) is 58.3 Å². The molecule has 2 unspecified atom stereocenters. The molecule has 7 heteroatoms. The third kappa shape index (κ3) is 15.9. The first-order valence-corrected chi connectivity index (χ1v) is 9.67. The van der Waals surface area contributed by atoms with Gasteiger partial charge in [0.05, 0.1) is 6.10 Å². The molecule has 25 heavy (non-hydrogen) atoms. The van der Waals surface area contributed by atoms with Crippen LogP contribution in [0.2, 0.25) is 0 Å². The summed E-state index contributed by atoms with van der Waals surface area (Å²) >= 11 is 0. The summed E-state index contributed by atoms with van der Waals surface area (Å²) in [7, 11) is 0.